The molecule has 1 N–H and O–H groups in total. The molecule has 27 heavy (non-hydrogen) atoms. The van der Waals surface area contributed by atoms with E-state index in [1.807, 2.05) is 31.2 Å². The summed E-state index contributed by atoms with van der Waals surface area (Å²) in [5.41, 5.74) is 7.28. The van der Waals surface area contributed by atoms with Crippen molar-refractivity contribution in [3.8, 4) is 5.75 Å². The Morgan fingerprint density at radius 2 is 1.48 bits per heavy atom. The molecule has 3 aromatic carbocycles. The van der Waals surface area contributed by atoms with Crippen LogP contribution in [0.5, 0.6) is 5.75 Å². The van der Waals surface area contributed by atoms with Crippen LogP contribution in [0.15, 0.2) is 84.4 Å². The van der Waals surface area contributed by atoms with Crippen molar-refractivity contribution in [1.29, 1.82) is 0 Å². The molecule has 3 aromatic rings. The molecule has 0 aliphatic heterocycles. The molecule has 0 amide bonds. The maximum atomic E-state index is 10.6. The van der Waals surface area contributed by atoms with Gasteiger partial charge in [-0.15, -0.1) is 0 Å². The van der Waals surface area contributed by atoms with E-state index in [0.29, 0.717) is 19.0 Å². The Balaban J connectivity index is 1.93. The van der Waals surface area contributed by atoms with Crippen LogP contribution in [0.2, 0.25) is 0 Å². The monoisotopic (exact) mass is 356 g/mol. The lowest BCUT2D eigenvalue weighted by Crippen LogP contribution is -2.05. The minimum atomic E-state index is 0.0538. The number of aromatic hydroxyl groups is 1. The highest BCUT2D eigenvalue weighted by Crippen LogP contribution is 2.50. The van der Waals surface area contributed by atoms with Crippen molar-refractivity contribution in [2.45, 2.75) is 19.3 Å². The second kappa shape index (κ2) is 7.81. The number of ether oxygens (including phenoxy) is 1. The topological polar surface area (TPSA) is 29.5 Å². The van der Waals surface area contributed by atoms with Crippen LogP contribution in [-0.4, -0.2) is 18.3 Å². The van der Waals surface area contributed by atoms with Gasteiger partial charge >= 0.3 is 0 Å². The van der Waals surface area contributed by atoms with E-state index in [9.17, 15) is 5.11 Å². The van der Waals surface area contributed by atoms with Crippen LogP contribution in [0.25, 0.3) is 5.57 Å². The van der Waals surface area contributed by atoms with Gasteiger partial charge < -0.3 is 9.84 Å². The van der Waals surface area contributed by atoms with E-state index >= 15 is 0 Å². The van der Waals surface area contributed by atoms with E-state index in [1.54, 1.807) is 6.07 Å². The van der Waals surface area contributed by atoms with Gasteiger partial charge in [-0.1, -0.05) is 72.8 Å². The van der Waals surface area contributed by atoms with E-state index in [2.05, 4.69) is 48.5 Å². The maximum Gasteiger partial charge on any atom is 0.119 e. The first kappa shape index (κ1) is 17.6. The molecule has 0 aromatic heterocycles. The van der Waals surface area contributed by atoms with Crippen molar-refractivity contribution in [3.63, 3.8) is 0 Å². The molecule has 0 spiro atoms. The van der Waals surface area contributed by atoms with E-state index < -0.39 is 0 Å². The Labute approximate surface area is 160 Å². The number of benzene rings is 3. The number of phenolic OH excluding ortho intramolecular Hbond substituents is 1. The minimum absolute atomic E-state index is 0.0538. The Morgan fingerprint density at radius 3 is 2.22 bits per heavy atom. The summed E-state index contributed by atoms with van der Waals surface area (Å²) in [7, 11) is 0. The molecule has 136 valence electrons. The lowest BCUT2D eigenvalue weighted by molar-refractivity contribution is 0.150. The van der Waals surface area contributed by atoms with Crippen molar-refractivity contribution in [1.82, 2.24) is 0 Å². The molecule has 1 atom stereocenters. The standard InChI is InChI=1S/C25H24O2/c1-2-27-17-16-22-24(18-10-4-3-5-11-18)19-12-6-7-13-20(19)25(22)21-14-8-9-15-23(21)26/h3-15,25-26H,2,16-17H2,1H3/t25-/m0/s1. The maximum absolute atomic E-state index is 10.6. The summed E-state index contributed by atoms with van der Waals surface area (Å²) in [6.45, 7) is 3.42. The van der Waals surface area contributed by atoms with Gasteiger partial charge in [0.05, 0.1) is 6.61 Å². The highest BCUT2D eigenvalue weighted by molar-refractivity contribution is 5.90. The first-order valence-corrected chi connectivity index (χ1v) is 9.54. The average molecular weight is 356 g/mol. The highest BCUT2D eigenvalue weighted by Gasteiger charge is 2.33. The zero-order valence-electron chi connectivity index (χ0n) is 15.6. The summed E-state index contributed by atoms with van der Waals surface area (Å²) in [4.78, 5) is 0. The van der Waals surface area contributed by atoms with E-state index in [1.165, 1.54) is 27.8 Å². The SMILES string of the molecule is CCOCCC1=C(c2ccccc2)c2ccccc2[C@H]1c1ccccc1O. The number of phenols is 1. The van der Waals surface area contributed by atoms with Crippen LogP contribution < -0.4 is 0 Å². The fourth-order valence-corrected chi connectivity index (χ4v) is 4.11. The van der Waals surface area contributed by atoms with Crippen molar-refractivity contribution < 1.29 is 9.84 Å². The first-order valence-electron chi connectivity index (χ1n) is 9.54. The molecule has 0 fully saturated rings. The molecular formula is C25H24O2. The predicted octanol–water partition coefficient (Wildman–Crippen LogP) is 5.77. The number of hydrogen-bond acceptors (Lipinski definition) is 2. The van der Waals surface area contributed by atoms with E-state index in [0.717, 1.165) is 12.0 Å². The molecular weight excluding hydrogens is 332 g/mol. The summed E-state index contributed by atoms with van der Waals surface area (Å²) in [6, 6.07) is 26.8. The molecule has 0 saturated carbocycles. The first-order chi connectivity index (χ1) is 13.3. The summed E-state index contributed by atoms with van der Waals surface area (Å²) >= 11 is 0. The van der Waals surface area contributed by atoms with Crippen molar-refractivity contribution in [3.05, 3.63) is 107 Å². The Kier molecular flexibility index (Phi) is 5.08. The molecule has 0 heterocycles. The fraction of sp³-hybridized carbons (Fsp3) is 0.200. The molecule has 0 bridgehead atoms. The molecule has 0 radical (unpaired) electrons. The molecule has 1 aliphatic carbocycles. The quantitative estimate of drug-likeness (QED) is 0.569. The van der Waals surface area contributed by atoms with Crippen LogP contribution in [0.1, 0.15) is 41.5 Å². The number of fused-ring (bicyclic) bond motifs is 1. The van der Waals surface area contributed by atoms with Gasteiger partial charge in [-0.25, -0.2) is 0 Å². The van der Waals surface area contributed by atoms with Crippen LogP contribution in [0, 0.1) is 0 Å². The van der Waals surface area contributed by atoms with Crippen molar-refractivity contribution in [2.24, 2.45) is 0 Å². The summed E-state index contributed by atoms with van der Waals surface area (Å²) in [5.74, 6) is 0.401. The van der Waals surface area contributed by atoms with Gasteiger partial charge in [-0.05, 0) is 47.2 Å². The summed E-state index contributed by atoms with van der Waals surface area (Å²) < 4.78 is 5.70. The van der Waals surface area contributed by atoms with Gasteiger partial charge in [0.1, 0.15) is 5.75 Å². The third kappa shape index (κ3) is 3.29. The minimum Gasteiger partial charge on any atom is -0.508 e. The second-order valence-electron chi connectivity index (χ2n) is 6.79. The normalized spacial score (nSPS) is 15.8. The van der Waals surface area contributed by atoms with Gasteiger partial charge in [0.25, 0.3) is 0 Å². The fourth-order valence-electron chi connectivity index (χ4n) is 4.11. The van der Waals surface area contributed by atoms with Crippen LogP contribution >= 0.6 is 0 Å². The molecule has 2 nitrogen and oxygen atoms in total. The van der Waals surface area contributed by atoms with E-state index in [4.69, 9.17) is 4.74 Å². The number of para-hydroxylation sites is 1. The highest BCUT2D eigenvalue weighted by atomic mass is 16.5. The Bertz CT molecular complexity index is 957. The molecule has 1 aliphatic rings. The van der Waals surface area contributed by atoms with Gasteiger partial charge in [-0.2, -0.15) is 0 Å². The summed E-state index contributed by atoms with van der Waals surface area (Å²) in [6.07, 6.45) is 0.839. The molecule has 2 heteroatoms. The Morgan fingerprint density at radius 1 is 0.815 bits per heavy atom. The lowest BCUT2D eigenvalue weighted by atomic mass is 9.86. The third-order valence-corrected chi connectivity index (χ3v) is 5.24. The van der Waals surface area contributed by atoms with Gasteiger partial charge in [-0.3, -0.25) is 0 Å². The van der Waals surface area contributed by atoms with Crippen LogP contribution in [0.3, 0.4) is 0 Å². The average Bonchev–Trinajstić information content (AvgIpc) is 3.03. The van der Waals surface area contributed by atoms with Crippen LogP contribution in [-0.2, 0) is 4.74 Å². The predicted molar refractivity (Wildman–Crippen MR) is 110 cm³/mol. The summed E-state index contributed by atoms with van der Waals surface area (Å²) in [5, 5.41) is 10.6. The molecule has 0 saturated heterocycles. The smallest absolute Gasteiger partial charge is 0.119 e. The van der Waals surface area contributed by atoms with Crippen LogP contribution in [0.4, 0.5) is 0 Å². The number of rotatable bonds is 6. The van der Waals surface area contributed by atoms with Gasteiger partial charge in [0.15, 0.2) is 0 Å². The zero-order chi connectivity index (χ0) is 18.6. The zero-order valence-corrected chi connectivity index (χ0v) is 15.6. The van der Waals surface area contributed by atoms with Crippen molar-refractivity contribution >= 4 is 5.57 Å². The largest absolute Gasteiger partial charge is 0.508 e. The Hall–Kier alpha value is -2.84. The van der Waals surface area contributed by atoms with Crippen molar-refractivity contribution in [2.75, 3.05) is 13.2 Å². The second-order valence-corrected chi connectivity index (χ2v) is 6.79. The number of hydrogen-bond donors (Lipinski definition) is 1. The van der Waals surface area contributed by atoms with Gasteiger partial charge in [0, 0.05) is 18.1 Å². The van der Waals surface area contributed by atoms with Gasteiger partial charge in [0.2, 0.25) is 0 Å². The molecule has 4 rings (SSSR count). The lowest BCUT2D eigenvalue weighted by Gasteiger charge is -2.19. The third-order valence-electron chi connectivity index (χ3n) is 5.24. The van der Waals surface area contributed by atoms with E-state index in [-0.39, 0.29) is 5.92 Å². The molecule has 0 unspecified atom stereocenters.